The SMILES string of the molecule is CCCC(C)C(=O)N1CCCNC(=O)C1. The van der Waals surface area contributed by atoms with Gasteiger partial charge < -0.3 is 10.2 Å². The molecule has 1 N–H and O–H groups in total. The zero-order valence-corrected chi connectivity index (χ0v) is 9.58. The van der Waals surface area contributed by atoms with Crippen molar-refractivity contribution >= 4 is 11.8 Å². The van der Waals surface area contributed by atoms with E-state index in [2.05, 4.69) is 12.2 Å². The minimum Gasteiger partial charge on any atom is -0.354 e. The summed E-state index contributed by atoms with van der Waals surface area (Å²) in [5, 5.41) is 2.77. The Balaban J connectivity index is 2.53. The smallest absolute Gasteiger partial charge is 0.239 e. The Labute approximate surface area is 91.0 Å². The highest BCUT2D eigenvalue weighted by Crippen LogP contribution is 2.10. The van der Waals surface area contributed by atoms with Crippen LogP contribution in [0.5, 0.6) is 0 Å². The predicted octanol–water partition coefficient (Wildman–Crippen LogP) is 0.771. The number of carbonyl (C=O) groups excluding carboxylic acids is 2. The Hall–Kier alpha value is -1.06. The lowest BCUT2D eigenvalue weighted by Crippen LogP contribution is -2.40. The first-order valence-corrected chi connectivity index (χ1v) is 5.70. The first kappa shape index (κ1) is 12.0. The van der Waals surface area contributed by atoms with E-state index in [9.17, 15) is 9.59 Å². The molecule has 1 saturated heterocycles. The molecule has 0 aromatic rings. The van der Waals surface area contributed by atoms with Crippen LogP contribution in [0.2, 0.25) is 0 Å². The summed E-state index contributed by atoms with van der Waals surface area (Å²) in [5.41, 5.74) is 0. The Kier molecular flexibility index (Phi) is 4.59. The maximum atomic E-state index is 11.9. The van der Waals surface area contributed by atoms with Crippen molar-refractivity contribution in [2.45, 2.75) is 33.1 Å². The van der Waals surface area contributed by atoms with Gasteiger partial charge in [-0.2, -0.15) is 0 Å². The first-order chi connectivity index (χ1) is 7.15. The summed E-state index contributed by atoms with van der Waals surface area (Å²) in [7, 11) is 0. The number of amides is 2. The minimum atomic E-state index is -0.0375. The molecule has 0 saturated carbocycles. The van der Waals surface area contributed by atoms with Gasteiger partial charge in [0.1, 0.15) is 0 Å². The molecule has 1 rings (SSSR count). The molecule has 1 atom stereocenters. The van der Waals surface area contributed by atoms with Gasteiger partial charge in [0.25, 0.3) is 0 Å². The zero-order valence-electron chi connectivity index (χ0n) is 9.58. The molecule has 0 radical (unpaired) electrons. The molecule has 4 nitrogen and oxygen atoms in total. The van der Waals surface area contributed by atoms with Crippen LogP contribution in [0.3, 0.4) is 0 Å². The van der Waals surface area contributed by atoms with Gasteiger partial charge in [0.2, 0.25) is 11.8 Å². The van der Waals surface area contributed by atoms with Crippen LogP contribution >= 0.6 is 0 Å². The summed E-state index contributed by atoms with van der Waals surface area (Å²) >= 11 is 0. The molecule has 1 fully saturated rings. The van der Waals surface area contributed by atoms with E-state index < -0.39 is 0 Å². The third-order valence-electron chi connectivity index (χ3n) is 2.72. The monoisotopic (exact) mass is 212 g/mol. The van der Waals surface area contributed by atoms with Gasteiger partial charge >= 0.3 is 0 Å². The highest BCUT2D eigenvalue weighted by atomic mass is 16.2. The molecule has 4 heteroatoms. The van der Waals surface area contributed by atoms with Gasteiger partial charge in [-0.1, -0.05) is 20.3 Å². The van der Waals surface area contributed by atoms with Crippen molar-refractivity contribution in [1.29, 1.82) is 0 Å². The van der Waals surface area contributed by atoms with Crippen molar-refractivity contribution in [1.82, 2.24) is 10.2 Å². The molecule has 0 bridgehead atoms. The third-order valence-corrected chi connectivity index (χ3v) is 2.72. The van der Waals surface area contributed by atoms with Crippen LogP contribution < -0.4 is 5.32 Å². The molecule has 0 aromatic heterocycles. The van der Waals surface area contributed by atoms with Crippen LogP contribution in [-0.4, -0.2) is 36.3 Å². The standard InChI is InChI=1S/C11H20N2O2/c1-3-5-9(2)11(15)13-7-4-6-12-10(14)8-13/h9H,3-8H2,1-2H3,(H,12,14). The number of carbonyl (C=O) groups is 2. The lowest BCUT2D eigenvalue weighted by molar-refractivity contribution is -0.138. The normalized spacial score (nSPS) is 19.3. The van der Waals surface area contributed by atoms with Crippen molar-refractivity contribution in [3.63, 3.8) is 0 Å². The van der Waals surface area contributed by atoms with Crippen molar-refractivity contribution in [2.24, 2.45) is 5.92 Å². The topological polar surface area (TPSA) is 49.4 Å². The van der Waals surface area contributed by atoms with E-state index in [0.29, 0.717) is 13.1 Å². The fraction of sp³-hybridized carbons (Fsp3) is 0.818. The molecule has 0 aliphatic carbocycles. The van der Waals surface area contributed by atoms with Crippen molar-refractivity contribution in [3.8, 4) is 0 Å². The van der Waals surface area contributed by atoms with Crippen LogP contribution in [0.15, 0.2) is 0 Å². The third kappa shape index (κ3) is 3.53. The van der Waals surface area contributed by atoms with E-state index in [1.54, 1.807) is 4.90 Å². The minimum absolute atomic E-state index is 0.0375. The van der Waals surface area contributed by atoms with Gasteiger partial charge in [-0.3, -0.25) is 9.59 Å². The van der Waals surface area contributed by atoms with E-state index in [0.717, 1.165) is 19.3 Å². The van der Waals surface area contributed by atoms with E-state index in [1.165, 1.54) is 0 Å². The van der Waals surface area contributed by atoms with Crippen LogP contribution in [-0.2, 0) is 9.59 Å². The number of nitrogens with one attached hydrogen (secondary N) is 1. The molecular weight excluding hydrogens is 192 g/mol. The lowest BCUT2D eigenvalue weighted by atomic mass is 10.0. The second-order valence-corrected chi connectivity index (χ2v) is 4.15. The van der Waals surface area contributed by atoms with Crippen molar-refractivity contribution in [2.75, 3.05) is 19.6 Å². The quantitative estimate of drug-likeness (QED) is 0.751. The van der Waals surface area contributed by atoms with Crippen LogP contribution in [0, 0.1) is 5.92 Å². The summed E-state index contributed by atoms with van der Waals surface area (Å²) in [6.07, 6.45) is 2.76. The number of nitrogens with zero attached hydrogens (tertiary/aromatic N) is 1. The molecule has 86 valence electrons. The van der Waals surface area contributed by atoms with Gasteiger partial charge in [0.05, 0.1) is 6.54 Å². The average molecular weight is 212 g/mol. The maximum absolute atomic E-state index is 11.9. The van der Waals surface area contributed by atoms with E-state index >= 15 is 0 Å². The molecule has 0 spiro atoms. The highest BCUT2D eigenvalue weighted by molar-refractivity contribution is 5.86. The van der Waals surface area contributed by atoms with E-state index in [-0.39, 0.29) is 24.3 Å². The Morgan fingerprint density at radius 3 is 3.00 bits per heavy atom. The summed E-state index contributed by atoms with van der Waals surface area (Å²) in [5.74, 6) is 0.124. The molecule has 1 aliphatic rings. The van der Waals surface area contributed by atoms with E-state index in [4.69, 9.17) is 0 Å². The Bertz CT molecular complexity index is 241. The molecule has 1 heterocycles. The van der Waals surface area contributed by atoms with Crippen molar-refractivity contribution < 1.29 is 9.59 Å². The summed E-state index contributed by atoms with van der Waals surface area (Å²) < 4.78 is 0. The van der Waals surface area contributed by atoms with Crippen LogP contribution in [0.25, 0.3) is 0 Å². The lowest BCUT2D eigenvalue weighted by Gasteiger charge is -2.22. The second-order valence-electron chi connectivity index (χ2n) is 4.15. The van der Waals surface area contributed by atoms with Gasteiger partial charge in [-0.25, -0.2) is 0 Å². The fourth-order valence-electron chi connectivity index (χ4n) is 1.86. The van der Waals surface area contributed by atoms with Crippen molar-refractivity contribution in [3.05, 3.63) is 0 Å². The van der Waals surface area contributed by atoms with E-state index in [1.807, 2.05) is 6.92 Å². The molecule has 1 unspecified atom stereocenters. The largest absolute Gasteiger partial charge is 0.354 e. The van der Waals surface area contributed by atoms with Crippen LogP contribution in [0.1, 0.15) is 33.1 Å². The molecule has 1 aliphatic heterocycles. The highest BCUT2D eigenvalue weighted by Gasteiger charge is 2.23. The summed E-state index contributed by atoms with van der Waals surface area (Å²) in [4.78, 5) is 24.9. The second kappa shape index (κ2) is 5.73. The van der Waals surface area contributed by atoms with Crippen LogP contribution in [0.4, 0.5) is 0 Å². The fourth-order valence-corrected chi connectivity index (χ4v) is 1.86. The Morgan fingerprint density at radius 2 is 2.33 bits per heavy atom. The maximum Gasteiger partial charge on any atom is 0.239 e. The number of rotatable bonds is 3. The summed E-state index contributed by atoms with van der Waals surface area (Å²) in [6, 6.07) is 0. The first-order valence-electron chi connectivity index (χ1n) is 5.70. The summed E-state index contributed by atoms with van der Waals surface area (Å²) in [6.45, 7) is 5.62. The average Bonchev–Trinajstić information content (AvgIpc) is 2.42. The zero-order chi connectivity index (χ0) is 11.3. The molecule has 0 aromatic carbocycles. The molecule has 2 amide bonds. The number of hydrogen-bond donors (Lipinski definition) is 1. The van der Waals surface area contributed by atoms with Gasteiger partial charge in [-0.05, 0) is 12.8 Å². The molecule has 15 heavy (non-hydrogen) atoms. The predicted molar refractivity (Wildman–Crippen MR) is 58.3 cm³/mol. The van der Waals surface area contributed by atoms with Gasteiger partial charge in [-0.15, -0.1) is 0 Å². The van der Waals surface area contributed by atoms with Gasteiger partial charge in [0.15, 0.2) is 0 Å². The molecular formula is C11H20N2O2. The van der Waals surface area contributed by atoms with Gasteiger partial charge in [0, 0.05) is 19.0 Å². The Morgan fingerprint density at radius 1 is 1.60 bits per heavy atom. The number of hydrogen-bond acceptors (Lipinski definition) is 2.